The second-order valence-electron chi connectivity index (χ2n) is 4.49. The van der Waals surface area contributed by atoms with Crippen LogP contribution < -0.4 is 0 Å². The van der Waals surface area contributed by atoms with E-state index in [0.29, 0.717) is 0 Å². The maximum Gasteiger partial charge on any atom is 0.0848 e. The van der Waals surface area contributed by atoms with Crippen molar-refractivity contribution < 1.29 is 5.11 Å². The molecule has 2 heteroatoms. The first-order valence-electron chi connectivity index (χ1n) is 5.33. The molecular weight excluding hydrogens is 176 g/mol. The van der Waals surface area contributed by atoms with Gasteiger partial charge in [-0.15, -0.1) is 6.58 Å². The van der Waals surface area contributed by atoms with Gasteiger partial charge in [-0.05, 0) is 12.5 Å². The zero-order valence-electron chi connectivity index (χ0n) is 9.34. The molecule has 78 valence electrons. The van der Waals surface area contributed by atoms with Crippen LogP contribution in [0.25, 0.3) is 0 Å². The van der Waals surface area contributed by atoms with Gasteiger partial charge in [-0.1, -0.05) is 45.4 Å². The lowest BCUT2D eigenvalue weighted by molar-refractivity contribution is 0.228. The first kappa shape index (κ1) is 12.9. The van der Waals surface area contributed by atoms with Crippen molar-refractivity contribution in [3.05, 3.63) is 12.7 Å². The van der Waals surface area contributed by atoms with Crippen LogP contribution in [0.1, 0.15) is 32.6 Å². The highest BCUT2D eigenvalue weighted by atomic mass is 28.3. The summed E-state index contributed by atoms with van der Waals surface area (Å²) in [6.07, 6.45) is 6.59. The van der Waals surface area contributed by atoms with Gasteiger partial charge in [-0.25, -0.2) is 0 Å². The Labute approximate surface area is 83.9 Å². The second-order valence-corrected chi connectivity index (χ2v) is 9.54. The van der Waals surface area contributed by atoms with Gasteiger partial charge in [0.15, 0.2) is 0 Å². The number of allylic oxidation sites excluding steroid dienone is 1. The van der Waals surface area contributed by atoms with Crippen LogP contribution in [0.5, 0.6) is 0 Å². The van der Waals surface area contributed by atoms with E-state index >= 15 is 0 Å². The van der Waals surface area contributed by atoms with Crippen LogP contribution in [0.4, 0.5) is 0 Å². The number of hydrogen-bond donors (Lipinski definition) is 1. The summed E-state index contributed by atoms with van der Waals surface area (Å²) in [5.41, 5.74) is -0.0444. The lowest BCUT2D eigenvalue weighted by Crippen LogP contribution is -2.40. The minimum Gasteiger partial charge on any atom is -0.397 e. The molecule has 0 bridgehead atoms. The maximum atomic E-state index is 9.95. The molecular formula is C11H24OSi. The highest BCUT2D eigenvalue weighted by Gasteiger charge is 2.27. The fraction of sp³-hybridized carbons (Fsp3) is 0.818. The second kappa shape index (κ2) is 6.38. The summed E-state index contributed by atoms with van der Waals surface area (Å²) in [4.78, 5) is 0. The minimum atomic E-state index is -1.42. The molecule has 0 aromatic rings. The summed E-state index contributed by atoms with van der Waals surface area (Å²) >= 11 is 0. The van der Waals surface area contributed by atoms with E-state index in [1.807, 2.05) is 6.08 Å². The third-order valence-electron chi connectivity index (χ3n) is 2.65. The quantitative estimate of drug-likeness (QED) is 0.379. The van der Waals surface area contributed by atoms with Gasteiger partial charge < -0.3 is 5.11 Å². The molecule has 13 heavy (non-hydrogen) atoms. The molecule has 1 nitrogen and oxygen atoms in total. The zero-order valence-corrected chi connectivity index (χ0v) is 10.3. The van der Waals surface area contributed by atoms with Crippen molar-refractivity contribution in [3.63, 3.8) is 0 Å². The Morgan fingerprint density at radius 2 is 2.00 bits per heavy atom. The van der Waals surface area contributed by atoms with Crippen molar-refractivity contribution in [2.75, 3.05) is 0 Å². The van der Waals surface area contributed by atoms with Gasteiger partial charge in [0.1, 0.15) is 0 Å². The normalized spacial score (nSPS) is 14.2. The highest BCUT2D eigenvalue weighted by Crippen LogP contribution is 2.19. The predicted molar refractivity (Wildman–Crippen MR) is 62.6 cm³/mol. The lowest BCUT2D eigenvalue weighted by atomic mass is 10.2. The first-order valence-corrected chi connectivity index (χ1v) is 8.62. The minimum absolute atomic E-state index is 0.0444. The molecule has 1 atom stereocenters. The molecule has 0 heterocycles. The predicted octanol–water partition coefficient (Wildman–Crippen LogP) is 3.36. The van der Waals surface area contributed by atoms with Gasteiger partial charge in [-0.3, -0.25) is 0 Å². The van der Waals surface area contributed by atoms with E-state index in [1.165, 1.54) is 19.3 Å². The molecule has 0 aliphatic carbocycles. The Hall–Kier alpha value is -0.0831. The Kier molecular flexibility index (Phi) is 6.34. The molecule has 0 aliphatic rings. The molecule has 0 rings (SSSR count). The third kappa shape index (κ3) is 5.27. The maximum absolute atomic E-state index is 9.95. The van der Waals surface area contributed by atoms with Crippen molar-refractivity contribution in [1.82, 2.24) is 0 Å². The first-order chi connectivity index (χ1) is 6.04. The molecule has 0 spiro atoms. The smallest absolute Gasteiger partial charge is 0.0848 e. The highest BCUT2D eigenvalue weighted by molar-refractivity contribution is 6.78. The number of aliphatic hydroxyl groups is 1. The molecule has 0 aromatic heterocycles. The monoisotopic (exact) mass is 200 g/mol. The third-order valence-corrected chi connectivity index (χ3v) is 6.09. The van der Waals surface area contributed by atoms with Gasteiger partial charge in [-0.2, -0.15) is 0 Å². The molecule has 0 aliphatic heterocycles. The molecule has 0 fully saturated rings. The van der Waals surface area contributed by atoms with Crippen LogP contribution in [0.3, 0.4) is 0 Å². The summed E-state index contributed by atoms with van der Waals surface area (Å²) in [6, 6.07) is 1.03. The van der Waals surface area contributed by atoms with Crippen molar-refractivity contribution in [2.24, 2.45) is 0 Å². The summed E-state index contributed by atoms with van der Waals surface area (Å²) in [5.74, 6) is 0. The van der Waals surface area contributed by atoms with Crippen LogP contribution >= 0.6 is 0 Å². The largest absolute Gasteiger partial charge is 0.397 e. The van der Waals surface area contributed by atoms with Gasteiger partial charge in [0, 0.05) is 5.73 Å². The van der Waals surface area contributed by atoms with E-state index in [9.17, 15) is 5.11 Å². The summed E-state index contributed by atoms with van der Waals surface area (Å²) < 4.78 is 0. The number of rotatable bonds is 7. The molecule has 0 amide bonds. The standard InChI is InChI=1S/C11H24OSi/c1-5-7-8-9-11(12)13(3,4)10-6-2/h6,11-12H,2,5,7-10H2,1,3-4H3. The average Bonchev–Trinajstić information content (AvgIpc) is 2.04. The van der Waals surface area contributed by atoms with Gasteiger partial charge in [0.05, 0.1) is 8.07 Å². The SMILES string of the molecule is C=CC[Si](C)(C)C(O)CCCCC. The average molecular weight is 200 g/mol. The van der Waals surface area contributed by atoms with Crippen molar-refractivity contribution in [2.45, 2.75) is 57.5 Å². The van der Waals surface area contributed by atoms with Crippen LogP contribution in [-0.2, 0) is 0 Å². The summed E-state index contributed by atoms with van der Waals surface area (Å²) in [7, 11) is -1.42. The van der Waals surface area contributed by atoms with Crippen molar-refractivity contribution in [1.29, 1.82) is 0 Å². The van der Waals surface area contributed by atoms with E-state index in [4.69, 9.17) is 0 Å². The van der Waals surface area contributed by atoms with Crippen molar-refractivity contribution >= 4 is 8.07 Å². The van der Waals surface area contributed by atoms with E-state index in [2.05, 4.69) is 26.6 Å². The number of aliphatic hydroxyl groups excluding tert-OH is 1. The van der Waals surface area contributed by atoms with Crippen LogP contribution in [-0.4, -0.2) is 18.9 Å². The van der Waals surface area contributed by atoms with Crippen molar-refractivity contribution in [3.8, 4) is 0 Å². The zero-order chi connectivity index (χ0) is 10.3. The summed E-state index contributed by atoms with van der Waals surface area (Å²) in [6.45, 7) is 10.4. The van der Waals surface area contributed by atoms with Crippen LogP contribution in [0.15, 0.2) is 12.7 Å². The van der Waals surface area contributed by atoms with Gasteiger partial charge in [0.2, 0.25) is 0 Å². The molecule has 1 unspecified atom stereocenters. The Morgan fingerprint density at radius 1 is 1.38 bits per heavy atom. The topological polar surface area (TPSA) is 20.2 Å². The number of unbranched alkanes of at least 4 members (excludes halogenated alkanes) is 2. The molecule has 1 N–H and O–H groups in total. The van der Waals surface area contributed by atoms with E-state index in [1.54, 1.807) is 0 Å². The molecule has 0 radical (unpaired) electrons. The summed E-state index contributed by atoms with van der Waals surface area (Å²) in [5, 5.41) is 9.95. The fourth-order valence-electron chi connectivity index (χ4n) is 1.49. The van der Waals surface area contributed by atoms with E-state index in [-0.39, 0.29) is 5.73 Å². The lowest BCUT2D eigenvalue weighted by Gasteiger charge is -2.27. The Balaban J connectivity index is 3.78. The fourth-order valence-corrected chi connectivity index (χ4v) is 3.49. The molecule has 0 saturated carbocycles. The number of hydrogen-bond acceptors (Lipinski definition) is 1. The van der Waals surface area contributed by atoms with Gasteiger partial charge in [0.25, 0.3) is 0 Å². The van der Waals surface area contributed by atoms with Crippen LogP contribution in [0.2, 0.25) is 19.1 Å². The van der Waals surface area contributed by atoms with Crippen LogP contribution in [0, 0.1) is 0 Å². The Bertz CT molecular complexity index is 143. The molecule has 0 saturated heterocycles. The van der Waals surface area contributed by atoms with E-state index < -0.39 is 8.07 Å². The van der Waals surface area contributed by atoms with E-state index in [0.717, 1.165) is 12.5 Å². The van der Waals surface area contributed by atoms with Gasteiger partial charge >= 0.3 is 0 Å². The Morgan fingerprint density at radius 3 is 2.46 bits per heavy atom. The molecule has 0 aromatic carbocycles.